The maximum atomic E-state index is 14.0. The van der Waals surface area contributed by atoms with Crippen LogP contribution in [0, 0.1) is 0 Å². The third-order valence-electron chi connectivity index (χ3n) is 6.14. The summed E-state index contributed by atoms with van der Waals surface area (Å²) in [7, 11) is 3.06. The summed E-state index contributed by atoms with van der Waals surface area (Å²) in [5, 5.41) is 0.871. The Balaban J connectivity index is 2.07. The number of amides is 2. The van der Waals surface area contributed by atoms with Gasteiger partial charge in [0.15, 0.2) is 0 Å². The minimum Gasteiger partial charge on any atom is -0.458 e. The number of fused-ring (bicyclic) bond motifs is 1. The molecule has 7 heteroatoms. The number of aromatic amines is 1. The Kier molecular flexibility index (Phi) is 5.52. The zero-order chi connectivity index (χ0) is 24.0. The standard InChI is InChI=1S/C26H29N3O4/c1-25(2,3)33-24(32)26(23(31)28(4)16-21(30)29(26)5)22(17-11-7-6-8-12-17)19-15-27-20-14-10-9-13-18(19)20/h6-15,22,27H,16H2,1-5H3. The largest absolute Gasteiger partial charge is 0.458 e. The number of aromatic nitrogens is 1. The summed E-state index contributed by atoms with van der Waals surface area (Å²) >= 11 is 0. The van der Waals surface area contributed by atoms with Crippen molar-refractivity contribution in [3.63, 3.8) is 0 Å². The first kappa shape index (κ1) is 22.6. The van der Waals surface area contributed by atoms with Crippen molar-refractivity contribution in [1.82, 2.24) is 14.8 Å². The number of para-hydroxylation sites is 1. The zero-order valence-electron chi connectivity index (χ0n) is 19.6. The molecule has 7 nitrogen and oxygen atoms in total. The quantitative estimate of drug-likeness (QED) is 0.491. The Bertz CT molecular complexity index is 1210. The highest BCUT2D eigenvalue weighted by atomic mass is 16.6. The normalized spacial score (nSPS) is 20.3. The highest BCUT2D eigenvalue weighted by molar-refractivity contribution is 6.14. The number of benzene rings is 2. The van der Waals surface area contributed by atoms with Crippen LogP contribution in [0.4, 0.5) is 0 Å². The number of esters is 1. The van der Waals surface area contributed by atoms with Gasteiger partial charge in [0.25, 0.3) is 5.91 Å². The van der Waals surface area contributed by atoms with E-state index in [1.54, 1.807) is 27.8 Å². The van der Waals surface area contributed by atoms with Crippen LogP contribution in [-0.4, -0.2) is 64.3 Å². The van der Waals surface area contributed by atoms with Crippen molar-refractivity contribution in [3.05, 3.63) is 71.9 Å². The highest BCUT2D eigenvalue weighted by Gasteiger charge is 2.63. The summed E-state index contributed by atoms with van der Waals surface area (Å²) in [5.74, 6) is -2.35. The fourth-order valence-corrected chi connectivity index (χ4v) is 4.65. The minimum absolute atomic E-state index is 0.102. The number of carbonyl (C=O) groups excluding carboxylic acids is 3. The van der Waals surface area contributed by atoms with Gasteiger partial charge in [-0.15, -0.1) is 0 Å². The van der Waals surface area contributed by atoms with E-state index in [9.17, 15) is 14.4 Å². The van der Waals surface area contributed by atoms with Crippen molar-refractivity contribution in [1.29, 1.82) is 0 Å². The van der Waals surface area contributed by atoms with E-state index in [0.717, 1.165) is 22.0 Å². The number of piperazine rings is 1. The minimum atomic E-state index is -1.91. The molecule has 0 bridgehead atoms. The maximum Gasteiger partial charge on any atom is 0.343 e. The zero-order valence-corrected chi connectivity index (χ0v) is 19.6. The predicted molar refractivity (Wildman–Crippen MR) is 126 cm³/mol. The molecular weight excluding hydrogens is 418 g/mol. The molecule has 2 aromatic carbocycles. The van der Waals surface area contributed by atoms with Crippen molar-refractivity contribution < 1.29 is 19.1 Å². The van der Waals surface area contributed by atoms with Crippen LogP contribution in [0.5, 0.6) is 0 Å². The van der Waals surface area contributed by atoms with Crippen molar-refractivity contribution in [2.45, 2.75) is 37.8 Å². The van der Waals surface area contributed by atoms with Gasteiger partial charge >= 0.3 is 5.97 Å². The Morgan fingerprint density at radius 1 is 1.03 bits per heavy atom. The Morgan fingerprint density at radius 2 is 1.67 bits per heavy atom. The third kappa shape index (κ3) is 3.67. The molecule has 172 valence electrons. The fraction of sp³-hybridized carbons (Fsp3) is 0.346. The van der Waals surface area contributed by atoms with E-state index < -0.39 is 28.9 Å². The summed E-state index contributed by atoms with van der Waals surface area (Å²) in [5.41, 5.74) is -0.421. The smallest absolute Gasteiger partial charge is 0.343 e. The van der Waals surface area contributed by atoms with Crippen molar-refractivity contribution >= 4 is 28.7 Å². The number of likely N-dealkylation sites (N-methyl/N-ethyl adjacent to an activating group) is 2. The van der Waals surface area contributed by atoms with Crippen LogP contribution in [0.3, 0.4) is 0 Å². The predicted octanol–water partition coefficient (Wildman–Crippen LogP) is 3.31. The van der Waals surface area contributed by atoms with Crippen molar-refractivity contribution in [2.75, 3.05) is 20.6 Å². The van der Waals surface area contributed by atoms with Crippen LogP contribution in [-0.2, 0) is 19.1 Å². The second-order valence-corrected chi connectivity index (χ2v) is 9.52. The molecule has 0 radical (unpaired) electrons. The van der Waals surface area contributed by atoms with Gasteiger partial charge in [-0.1, -0.05) is 48.5 Å². The molecule has 1 N–H and O–H groups in total. The van der Waals surface area contributed by atoms with E-state index in [4.69, 9.17) is 4.74 Å². The topological polar surface area (TPSA) is 82.7 Å². The average Bonchev–Trinajstić information content (AvgIpc) is 3.18. The van der Waals surface area contributed by atoms with Crippen LogP contribution in [0.25, 0.3) is 10.9 Å². The molecule has 0 aliphatic carbocycles. The second-order valence-electron chi connectivity index (χ2n) is 9.52. The summed E-state index contributed by atoms with van der Waals surface area (Å²) in [6.45, 7) is 5.15. The van der Waals surface area contributed by atoms with Crippen LogP contribution in [0.1, 0.15) is 37.8 Å². The van der Waals surface area contributed by atoms with Crippen molar-refractivity contribution in [3.8, 4) is 0 Å². The van der Waals surface area contributed by atoms with Gasteiger partial charge in [0.05, 0.1) is 12.5 Å². The number of rotatable bonds is 4. The molecule has 1 saturated heterocycles. The lowest BCUT2D eigenvalue weighted by Gasteiger charge is -2.49. The van der Waals surface area contributed by atoms with E-state index in [0.29, 0.717) is 0 Å². The molecule has 1 aliphatic rings. The third-order valence-corrected chi connectivity index (χ3v) is 6.14. The van der Waals surface area contributed by atoms with E-state index in [1.165, 1.54) is 16.8 Å². The first-order valence-electron chi connectivity index (χ1n) is 10.9. The number of carbonyl (C=O) groups is 3. The van der Waals surface area contributed by atoms with Gasteiger partial charge in [-0.2, -0.15) is 0 Å². The number of hydrogen-bond donors (Lipinski definition) is 1. The van der Waals surface area contributed by atoms with Gasteiger partial charge in [-0.05, 0) is 38.0 Å². The van der Waals surface area contributed by atoms with Crippen LogP contribution in [0.15, 0.2) is 60.8 Å². The van der Waals surface area contributed by atoms with Crippen molar-refractivity contribution in [2.24, 2.45) is 0 Å². The molecule has 2 atom stereocenters. The Labute approximate surface area is 193 Å². The molecule has 3 aromatic rings. The summed E-state index contributed by atoms with van der Waals surface area (Å²) in [6.07, 6.45) is 1.81. The summed E-state index contributed by atoms with van der Waals surface area (Å²) in [4.78, 5) is 47.0. The van der Waals surface area contributed by atoms with Crippen LogP contribution >= 0.6 is 0 Å². The number of H-pyrrole nitrogens is 1. The molecule has 2 amide bonds. The number of ether oxygens (including phenoxy) is 1. The summed E-state index contributed by atoms with van der Waals surface area (Å²) < 4.78 is 5.84. The van der Waals surface area contributed by atoms with E-state index >= 15 is 0 Å². The van der Waals surface area contributed by atoms with E-state index in [-0.39, 0.29) is 12.5 Å². The summed E-state index contributed by atoms with van der Waals surface area (Å²) in [6, 6.07) is 17.0. The molecule has 0 spiro atoms. The lowest BCUT2D eigenvalue weighted by atomic mass is 9.71. The monoisotopic (exact) mass is 447 g/mol. The van der Waals surface area contributed by atoms with E-state index in [2.05, 4.69) is 4.98 Å². The van der Waals surface area contributed by atoms with Crippen LogP contribution in [0.2, 0.25) is 0 Å². The first-order valence-corrected chi connectivity index (χ1v) is 10.9. The molecule has 1 aliphatic heterocycles. The molecule has 33 heavy (non-hydrogen) atoms. The first-order chi connectivity index (χ1) is 15.6. The van der Waals surface area contributed by atoms with Gasteiger partial charge < -0.3 is 19.5 Å². The fourth-order valence-electron chi connectivity index (χ4n) is 4.65. The molecule has 4 rings (SSSR count). The molecule has 1 aromatic heterocycles. The number of nitrogens with one attached hydrogen (secondary N) is 1. The molecule has 1 fully saturated rings. The van der Waals surface area contributed by atoms with Gasteiger partial charge in [-0.3, -0.25) is 9.59 Å². The Hall–Kier alpha value is -3.61. The number of hydrogen-bond acceptors (Lipinski definition) is 4. The Morgan fingerprint density at radius 3 is 2.33 bits per heavy atom. The lowest BCUT2D eigenvalue weighted by molar-refractivity contribution is -0.185. The SMILES string of the molecule is CN1CC(=O)N(C)C(C(=O)OC(C)(C)C)(C(c2ccccc2)c2c[nH]c3ccccc23)C1=O. The number of nitrogens with zero attached hydrogens (tertiary/aromatic N) is 2. The molecular formula is C26H29N3O4. The van der Waals surface area contributed by atoms with Gasteiger partial charge in [0, 0.05) is 31.2 Å². The van der Waals surface area contributed by atoms with E-state index in [1.807, 2.05) is 60.8 Å². The molecule has 2 heterocycles. The second kappa shape index (κ2) is 8.06. The highest BCUT2D eigenvalue weighted by Crippen LogP contribution is 2.45. The molecule has 2 unspecified atom stereocenters. The maximum absolute atomic E-state index is 14.0. The lowest BCUT2D eigenvalue weighted by Crippen LogP contribution is -2.73. The average molecular weight is 448 g/mol. The van der Waals surface area contributed by atoms with Gasteiger partial charge in [0.1, 0.15) is 5.60 Å². The molecule has 0 saturated carbocycles. The van der Waals surface area contributed by atoms with Gasteiger partial charge in [-0.25, -0.2) is 4.79 Å². The van der Waals surface area contributed by atoms with Crippen LogP contribution < -0.4 is 0 Å². The van der Waals surface area contributed by atoms with Gasteiger partial charge in [0.2, 0.25) is 11.4 Å².